The van der Waals surface area contributed by atoms with Crippen molar-refractivity contribution in [1.29, 1.82) is 5.26 Å². The maximum Gasteiger partial charge on any atom is 0.240 e. The maximum absolute atomic E-state index is 12.0. The predicted molar refractivity (Wildman–Crippen MR) is 81.4 cm³/mol. The fourth-order valence-electron chi connectivity index (χ4n) is 2.16. The molecule has 1 aliphatic carbocycles. The Morgan fingerprint density at radius 1 is 1.57 bits per heavy atom. The van der Waals surface area contributed by atoms with E-state index in [1.54, 1.807) is 32.2 Å². The second kappa shape index (κ2) is 6.23. The zero-order valence-electron chi connectivity index (χ0n) is 12.1. The van der Waals surface area contributed by atoms with Crippen LogP contribution >= 0.6 is 11.6 Å². The van der Waals surface area contributed by atoms with Crippen molar-refractivity contribution in [2.24, 2.45) is 5.92 Å². The minimum atomic E-state index is -0.781. The SMILES string of the molecule is COc1ccc(Cl)c(NCC(=O)NC(C)(C#N)C2CC2)c1. The summed E-state index contributed by atoms with van der Waals surface area (Å²) < 4.78 is 5.11. The van der Waals surface area contributed by atoms with Crippen LogP contribution in [0.4, 0.5) is 5.69 Å². The van der Waals surface area contributed by atoms with Gasteiger partial charge in [0.1, 0.15) is 11.3 Å². The molecule has 0 spiro atoms. The maximum atomic E-state index is 12.0. The smallest absolute Gasteiger partial charge is 0.240 e. The van der Waals surface area contributed by atoms with Crippen LogP contribution in [-0.4, -0.2) is 25.1 Å². The number of carbonyl (C=O) groups excluding carboxylic acids is 1. The van der Waals surface area contributed by atoms with Crippen molar-refractivity contribution < 1.29 is 9.53 Å². The number of methoxy groups -OCH3 is 1. The van der Waals surface area contributed by atoms with E-state index in [2.05, 4.69) is 16.7 Å². The number of benzene rings is 1. The molecule has 1 amide bonds. The molecule has 0 aliphatic heterocycles. The van der Waals surface area contributed by atoms with Crippen LogP contribution in [0.25, 0.3) is 0 Å². The summed E-state index contributed by atoms with van der Waals surface area (Å²) in [5, 5.41) is 15.5. The number of ether oxygens (including phenoxy) is 1. The van der Waals surface area contributed by atoms with Gasteiger partial charge in [0.2, 0.25) is 5.91 Å². The molecule has 5 nitrogen and oxygen atoms in total. The van der Waals surface area contributed by atoms with E-state index in [9.17, 15) is 10.1 Å². The molecular formula is C15H18ClN3O2. The first-order valence-electron chi connectivity index (χ1n) is 6.78. The Balaban J connectivity index is 1.94. The van der Waals surface area contributed by atoms with Crippen LogP contribution in [-0.2, 0) is 4.79 Å². The summed E-state index contributed by atoms with van der Waals surface area (Å²) in [5.74, 6) is 0.679. The minimum absolute atomic E-state index is 0.0525. The Bertz CT molecular complexity index is 581. The fraction of sp³-hybridized carbons (Fsp3) is 0.467. The molecule has 0 radical (unpaired) electrons. The van der Waals surface area contributed by atoms with E-state index < -0.39 is 5.54 Å². The molecule has 0 saturated heterocycles. The molecular weight excluding hydrogens is 290 g/mol. The molecule has 6 heteroatoms. The lowest BCUT2D eigenvalue weighted by Gasteiger charge is -2.23. The minimum Gasteiger partial charge on any atom is -0.497 e. The van der Waals surface area contributed by atoms with Crippen molar-refractivity contribution in [1.82, 2.24) is 5.32 Å². The Morgan fingerprint density at radius 3 is 2.86 bits per heavy atom. The van der Waals surface area contributed by atoms with Crippen molar-refractivity contribution in [2.45, 2.75) is 25.3 Å². The number of nitriles is 1. The summed E-state index contributed by atoms with van der Waals surface area (Å²) in [6.07, 6.45) is 1.97. The molecule has 0 aromatic heterocycles. The first-order valence-corrected chi connectivity index (χ1v) is 7.16. The molecule has 0 bridgehead atoms. The van der Waals surface area contributed by atoms with Gasteiger partial charge in [0, 0.05) is 6.07 Å². The first-order chi connectivity index (χ1) is 9.98. The van der Waals surface area contributed by atoms with Gasteiger partial charge in [-0.2, -0.15) is 5.26 Å². The lowest BCUT2D eigenvalue weighted by molar-refractivity contribution is -0.120. The van der Waals surface area contributed by atoms with E-state index in [0.29, 0.717) is 16.5 Å². The summed E-state index contributed by atoms with van der Waals surface area (Å²) >= 11 is 6.06. The molecule has 1 aromatic rings. The summed E-state index contributed by atoms with van der Waals surface area (Å²) in [4.78, 5) is 12.0. The molecule has 0 heterocycles. The van der Waals surface area contributed by atoms with Crippen LogP contribution in [0.15, 0.2) is 18.2 Å². The van der Waals surface area contributed by atoms with Crippen molar-refractivity contribution in [3.63, 3.8) is 0 Å². The monoisotopic (exact) mass is 307 g/mol. The summed E-state index contributed by atoms with van der Waals surface area (Å²) in [6, 6.07) is 7.36. The van der Waals surface area contributed by atoms with Gasteiger partial charge in [-0.05, 0) is 37.8 Å². The van der Waals surface area contributed by atoms with Gasteiger partial charge in [-0.25, -0.2) is 0 Å². The van der Waals surface area contributed by atoms with Crippen LogP contribution in [0.2, 0.25) is 5.02 Å². The second-order valence-corrected chi connectivity index (χ2v) is 5.74. The van der Waals surface area contributed by atoms with E-state index >= 15 is 0 Å². The molecule has 1 aliphatic rings. The molecule has 2 rings (SSSR count). The van der Waals surface area contributed by atoms with E-state index in [1.165, 1.54) is 0 Å². The molecule has 2 N–H and O–H groups in total. The largest absolute Gasteiger partial charge is 0.497 e. The number of amides is 1. The quantitative estimate of drug-likeness (QED) is 0.847. The van der Waals surface area contributed by atoms with Gasteiger partial charge in [-0.1, -0.05) is 11.6 Å². The molecule has 1 saturated carbocycles. The molecule has 1 fully saturated rings. The Labute approximate surface area is 129 Å². The van der Waals surface area contributed by atoms with Gasteiger partial charge in [-0.3, -0.25) is 4.79 Å². The number of nitrogens with one attached hydrogen (secondary N) is 2. The zero-order valence-corrected chi connectivity index (χ0v) is 12.8. The number of carbonyl (C=O) groups is 1. The van der Waals surface area contributed by atoms with Gasteiger partial charge in [0.15, 0.2) is 0 Å². The number of rotatable bonds is 6. The van der Waals surface area contributed by atoms with E-state index in [4.69, 9.17) is 16.3 Å². The van der Waals surface area contributed by atoms with Crippen molar-refractivity contribution >= 4 is 23.2 Å². The van der Waals surface area contributed by atoms with Gasteiger partial charge < -0.3 is 15.4 Å². The van der Waals surface area contributed by atoms with Crippen molar-refractivity contribution in [3.05, 3.63) is 23.2 Å². The zero-order chi connectivity index (χ0) is 15.5. The average molecular weight is 308 g/mol. The second-order valence-electron chi connectivity index (χ2n) is 5.34. The highest BCUT2D eigenvalue weighted by molar-refractivity contribution is 6.33. The van der Waals surface area contributed by atoms with Gasteiger partial charge in [0.05, 0.1) is 30.4 Å². The van der Waals surface area contributed by atoms with Crippen molar-refractivity contribution in [2.75, 3.05) is 19.0 Å². The van der Waals surface area contributed by atoms with Crippen LogP contribution in [0, 0.1) is 17.2 Å². The molecule has 1 unspecified atom stereocenters. The lowest BCUT2D eigenvalue weighted by Crippen LogP contribution is -2.48. The van der Waals surface area contributed by atoms with Gasteiger partial charge in [-0.15, -0.1) is 0 Å². The van der Waals surface area contributed by atoms with Gasteiger partial charge in [0.25, 0.3) is 0 Å². The Kier molecular flexibility index (Phi) is 4.59. The van der Waals surface area contributed by atoms with Crippen LogP contribution in [0.1, 0.15) is 19.8 Å². The summed E-state index contributed by atoms with van der Waals surface area (Å²) in [5.41, 5.74) is -0.159. The fourth-order valence-corrected chi connectivity index (χ4v) is 2.34. The molecule has 1 aromatic carbocycles. The van der Waals surface area contributed by atoms with Crippen molar-refractivity contribution in [3.8, 4) is 11.8 Å². The molecule has 1 atom stereocenters. The summed E-state index contributed by atoms with van der Waals surface area (Å²) in [7, 11) is 1.56. The molecule has 21 heavy (non-hydrogen) atoms. The Hall–Kier alpha value is -1.93. The van der Waals surface area contributed by atoms with E-state index in [0.717, 1.165) is 12.8 Å². The highest BCUT2D eigenvalue weighted by atomic mass is 35.5. The topological polar surface area (TPSA) is 74.2 Å². The van der Waals surface area contributed by atoms with Crippen LogP contribution < -0.4 is 15.4 Å². The number of anilines is 1. The lowest BCUT2D eigenvalue weighted by atomic mass is 9.98. The summed E-state index contributed by atoms with van der Waals surface area (Å²) in [6.45, 7) is 1.82. The molecule has 112 valence electrons. The van der Waals surface area contributed by atoms with E-state index in [1.807, 2.05) is 0 Å². The van der Waals surface area contributed by atoms with Crippen LogP contribution in [0.5, 0.6) is 5.75 Å². The standard InChI is InChI=1S/C15H18ClN3O2/c1-15(9-17,10-3-4-10)19-14(20)8-18-13-7-11(21-2)5-6-12(13)16/h5-7,10,18H,3-4,8H2,1-2H3,(H,19,20). The number of nitrogens with zero attached hydrogens (tertiary/aromatic N) is 1. The average Bonchev–Trinajstić information content (AvgIpc) is 3.31. The van der Waals surface area contributed by atoms with E-state index in [-0.39, 0.29) is 18.4 Å². The highest BCUT2D eigenvalue weighted by Gasteiger charge is 2.42. The number of hydrogen-bond donors (Lipinski definition) is 2. The highest BCUT2D eigenvalue weighted by Crippen LogP contribution is 2.39. The van der Waals surface area contributed by atoms with Gasteiger partial charge >= 0.3 is 0 Å². The normalized spacial score (nSPS) is 16.5. The third-order valence-corrected chi connectivity index (χ3v) is 3.97. The first kappa shape index (κ1) is 15.5. The number of halogens is 1. The van der Waals surface area contributed by atoms with Crippen LogP contribution in [0.3, 0.4) is 0 Å². The third kappa shape index (κ3) is 3.79. The third-order valence-electron chi connectivity index (χ3n) is 3.64. The predicted octanol–water partition coefficient (Wildman–Crippen LogP) is 2.57. The Morgan fingerprint density at radius 2 is 2.29 bits per heavy atom. The number of hydrogen-bond acceptors (Lipinski definition) is 4.